The molecule has 0 bridgehead atoms. The van der Waals surface area contributed by atoms with Crippen LogP contribution in [0.5, 0.6) is 0 Å². The summed E-state index contributed by atoms with van der Waals surface area (Å²) >= 11 is 0. The van der Waals surface area contributed by atoms with E-state index in [2.05, 4.69) is 0 Å². The van der Waals surface area contributed by atoms with Crippen LogP contribution in [0.3, 0.4) is 0 Å². The summed E-state index contributed by atoms with van der Waals surface area (Å²) in [5.74, 6) is 0. The molecule has 0 amide bonds. The van der Waals surface area contributed by atoms with Crippen molar-refractivity contribution in [3.05, 3.63) is 0 Å². The lowest BCUT2D eigenvalue weighted by Crippen LogP contribution is -2.07. The Morgan fingerprint density at radius 3 is 2.67 bits per heavy atom. The van der Waals surface area contributed by atoms with Crippen molar-refractivity contribution in [3.8, 4) is 0 Å². The molecule has 0 aromatic carbocycles. The van der Waals surface area contributed by atoms with Gasteiger partial charge in [-0.1, -0.05) is 0 Å². The highest BCUT2D eigenvalue weighted by Crippen LogP contribution is 2.37. The van der Waals surface area contributed by atoms with Gasteiger partial charge in [-0.2, -0.15) is 0 Å². The molecule has 1 unspecified atom stereocenters. The molecule has 1 heterocycles. The summed E-state index contributed by atoms with van der Waals surface area (Å²) in [6, 6.07) is 0. The minimum atomic E-state index is -0.652. The Kier molecular flexibility index (Phi) is 5.08. The molecule has 1 atom stereocenters. The Hall–Kier alpha value is 0.310. The normalized spacial score (nSPS) is 23.8. The first-order valence-electron chi connectivity index (χ1n) is 4.34. The van der Waals surface area contributed by atoms with Gasteiger partial charge in [0.15, 0.2) is 8.38 Å². The van der Waals surface area contributed by atoms with Crippen LogP contribution < -0.4 is 0 Å². The van der Waals surface area contributed by atoms with E-state index in [0.717, 1.165) is 19.2 Å². The van der Waals surface area contributed by atoms with Crippen LogP contribution in [0.2, 0.25) is 0 Å². The molecule has 1 aliphatic rings. The highest BCUT2D eigenvalue weighted by atomic mass is 31.2. The lowest BCUT2D eigenvalue weighted by atomic mass is 10.2. The van der Waals surface area contributed by atoms with Gasteiger partial charge in [0.25, 0.3) is 0 Å². The van der Waals surface area contributed by atoms with Crippen molar-refractivity contribution in [2.45, 2.75) is 25.4 Å². The van der Waals surface area contributed by atoms with Gasteiger partial charge in [-0.25, -0.2) is 0 Å². The number of hydrogen-bond donors (Lipinski definition) is 0. The molecule has 0 N–H and O–H groups in total. The van der Waals surface area contributed by atoms with Gasteiger partial charge in [0.1, 0.15) is 0 Å². The Morgan fingerprint density at radius 1 is 1.42 bits per heavy atom. The zero-order valence-corrected chi connectivity index (χ0v) is 8.68. The van der Waals surface area contributed by atoms with Crippen molar-refractivity contribution in [1.82, 2.24) is 0 Å². The summed E-state index contributed by atoms with van der Waals surface area (Å²) < 4.78 is 15.8. The monoisotopic (exact) mass is 192 g/mol. The molecule has 1 aliphatic heterocycles. The predicted octanol–water partition coefficient (Wildman–Crippen LogP) is 2.16. The van der Waals surface area contributed by atoms with Gasteiger partial charge in [-0.3, -0.25) is 0 Å². The standard InChI is InChI=1S/C8H17O3P/c1-9-12(10-2)7-5-8-4-3-6-11-8/h8H,3-7H2,1-2H3. The molecule has 1 rings (SSSR count). The average molecular weight is 192 g/mol. The summed E-state index contributed by atoms with van der Waals surface area (Å²) in [4.78, 5) is 0. The second kappa shape index (κ2) is 5.87. The second-order valence-corrected chi connectivity index (χ2v) is 4.69. The van der Waals surface area contributed by atoms with Crippen molar-refractivity contribution < 1.29 is 13.8 Å². The zero-order chi connectivity index (χ0) is 8.81. The molecular formula is C8H17O3P. The van der Waals surface area contributed by atoms with E-state index < -0.39 is 8.38 Å². The van der Waals surface area contributed by atoms with E-state index in [1.165, 1.54) is 12.8 Å². The fourth-order valence-corrected chi connectivity index (χ4v) is 2.39. The van der Waals surface area contributed by atoms with Crippen molar-refractivity contribution in [1.29, 1.82) is 0 Å². The van der Waals surface area contributed by atoms with Gasteiger partial charge in [-0.05, 0) is 19.3 Å². The Labute approximate surface area is 75.3 Å². The first-order chi connectivity index (χ1) is 5.86. The molecule has 4 heteroatoms. The van der Waals surface area contributed by atoms with Crippen molar-refractivity contribution in [3.63, 3.8) is 0 Å². The first-order valence-corrected chi connectivity index (χ1v) is 5.70. The van der Waals surface area contributed by atoms with Crippen LogP contribution in [0.1, 0.15) is 19.3 Å². The van der Waals surface area contributed by atoms with Gasteiger partial charge in [-0.15, -0.1) is 0 Å². The molecule has 1 fully saturated rings. The SMILES string of the molecule is COP(CCC1CCCO1)OC. The van der Waals surface area contributed by atoms with E-state index in [-0.39, 0.29) is 0 Å². The zero-order valence-electron chi connectivity index (χ0n) is 7.78. The summed E-state index contributed by atoms with van der Waals surface area (Å²) in [6.45, 7) is 0.933. The maximum absolute atomic E-state index is 5.49. The third-order valence-electron chi connectivity index (χ3n) is 2.06. The summed E-state index contributed by atoms with van der Waals surface area (Å²) in [5, 5.41) is 0. The van der Waals surface area contributed by atoms with Crippen LogP contribution in [0.15, 0.2) is 0 Å². The molecule has 0 saturated carbocycles. The van der Waals surface area contributed by atoms with Crippen molar-refractivity contribution in [2.24, 2.45) is 0 Å². The largest absolute Gasteiger partial charge is 0.378 e. The smallest absolute Gasteiger partial charge is 0.169 e. The Bertz CT molecular complexity index is 109. The van der Waals surface area contributed by atoms with Crippen molar-refractivity contribution >= 4 is 8.38 Å². The second-order valence-electron chi connectivity index (χ2n) is 2.85. The summed E-state index contributed by atoms with van der Waals surface area (Å²) in [5.41, 5.74) is 0. The molecule has 12 heavy (non-hydrogen) atoms. The molecule has 1 saturated heterocycles. The van der Waals surface area contributed by atoms with Crippen LogP contribution in [-0.4, -0.2) is 33.1 Å². The quantitative estimate of drug-likeness (QED) is 0.625. The topological polar surface area (TPSA) is 27.7 Å². The Balaban J connectivity index is 2.06. The third kappa shape index (κ3) is 3.36. The maximum atomic E-state index is 5.49. The van der Waals surface area contributed by atoms with Crippen LogP contribution in [-0.2, 0) is 13.8 Å². The lowest BCUT2D eigenvalue weighted by molar-refractivity contribution is 0.108. The fraction of sp³-hybridized carbons (Fsp3) is 1.00. The minimum Gasteiger partial charge on any atom is -0.378 e. The number of ether oxygens (including phenoxy) is 1. The predicted molar refractivity (Wildman–Crippen MR) is 49.4 cm³/mol. The molecule has 0 aliphatic carbocycles. The maximum Gasteiger partial charge on any atom is 0.169 e. The van der Waals surface area contributed by atoms with Gasteiger partial charge >= 0.3 is 0 Å². The van der Waals surface area contributed by atoms with Crippen LogP contribution in [0.25, 0.3) is 0 Å². The van der Waals surface area contributed by atoms with Gasteiger partial charge in [0, 0.05) is 27.0 Å². The molecule has 0 radical (unpaired) electrons. The molecular weight excluding hydrogens is 175 g/mol. The number of hydrogen-bond acceptors (Lipinski definition) is 3. The van der Waals surface area contributed by atoms with E-state index >= 15 is 0 Å². The van der Waals surface area contributed by atoms with E-state index in [1.807, 2.05) is 0 Å². The highest BCUT2D eigenvalue weighted by molar-refractivity contribution is 7.47. The van der Waals surface area contributed by atoms with Gasteiger partial charge < -0.3 is 13.8 Å². The first kappa shape index (κ1) is 10.4. The van der Waals surface area contributed by atoms with E-state index in [4.69, 9.17) is 13.8 Å². The summed E-state index contributed by atoms with van der Waals surface area (Å²) in [7, 11) is 2.75. The van der Waals surface area contributed by atoms with E-state index in [9.17, 15) is 0 Å². The fourth-order valence-electron chi connectivity index (χ4n) is 1.38. The van der Waals surface area contributed by atoms with E-state index in [1.54, 1.807) is 14.2 Å². The van der Waals surface area contributed by atoms with Crippen molar-refractivity contribution in [2.75, 3.05) is 27.0 Å². The third-order valence-corrected chi connectivity index (χ3v) is 3.50. The Morgan fingerprint density at radius 2 is 2.17 bits per heavy atom. The molecule has 72 valence electrons. The van der Waals surface area contributed by atoms with E-state index in [0.29, 0.717) is 6.10 Å². The van der Waals surface area contributed by atoms with Crippen LogP contribution in [0.4, 0.5) is 0 Å². The van der Waals surface area contributed by atoms with Crippen LogP contribution >= 0.6 is 8.38 Å². The van der Waals surface area contributed by atoms with Gasteiger partial charge in [0.05, 0.1) is 6.10 Å². The molecule has 0 spiro atoms. The molecule has 3 nitrogen and oxygen atoms in total. The van der Waals surface area contributed by atoms with Crippen LogP contribution in [0, 0.1) is 0 Å². The molecule has 0 aromatic rings. The minimum absolute atomic E-state index is 0.459. The highest BCUT2D eigenvalue weighted by Gasteiger charge is 2.17. The average Bonchev–Trinajstić information content (AvgIpc) is 2.59. The lowest BCUT2D eigenvalue weighted by Gasteiger charge is -2.14. The molecule has 0 aromatic heterocycles. The summed E-state index contributed by atoms with van der Waals surface area (Å²) in [6.07, 6.45) is 4.94. The van der Waals surface area contributed by atoms with Gasteiger partial charge in [0.2, 0.25) is 0 Å². The number of rotatable bonds is 5.